The van der Waals surface area contributed by atoms with Crippen LogP contribution in [0.5, 0.6) is 11.5 Å². The number of rotatable bonds is 9. The summed E-state index contributed by atoms with van der Waals surface area (Å²) >= 11 is 0. The summed E-state index contributed by atoms with van der Waals surface area (Å²) in [5, 5.41) is 57.9. The standard InChI is InChI=1S/C20H26O12/c1-10(22)31-14-6-11(2-4-13(14)24)3-5-16(25)29-8-12(23)9-30-20-19(28)18(27)17(26)15(7-21)32-20/h2-6,12,15,17-21,23-24,26-28H,7-9H2,1H3/b5-3+/t12-,15?,17?,18?,19?,20?/m1/s1. The van der Waals surface area contributed by atoms with Crippen molar-refractivity contribution in [3.05, 3.63) is 29.8 Å². The minimum Gasteiger partial charge on any atom is -0.504 e. The van der Waals surface area contributed by atoms with Crippen LogP contribution in [0.25, 0.3) is 6.08 Å². The number of carbonyl (C=O) groups excluding carboxylic acids is 2. The summed E-state index contributed by atoms with van der Waals surface area (Å²) in [7, 11) is 0. The van der Waals surface area contributed by atoms with E-state index >= 15 is 0 Å². The zero-order valence-electron chi connectivity index (χ0n) is 17.1. The molecule has 12 nitrogen and oxygen atoms in total. The number of hydrogen-bond acceptors (Lipinski definition) is 12. The highest BCUT2D eigenvalue weighted by Crippen LogP contribution is 2.27. The maximum absolute atomic E-state index is 11.8. The van der Waals surface area contributed by atoms with E-state index in [0.717, 1.165) is 6.08 Å². The summed E-state index contributed by atoms with van der Waals surface area (Å²) in [5.41, 5.74) is 0.433. The minimum atomic E-state index is -1.62. The summed E-state index contributed by atoms with van der Waals surface area (Å²) in [6, 6.07) is 4.09. The molecule has 0 aromatic heterocycles. The lowest BCUT2D eigenvalue weighted by Crippen LogP contribution is -2.59. The van der Waals surface area contributed by atoms with Crippen molar-refractivity contribution < 1.29 is 59.2 Å². The highest BCUT2D eigenvalue weighted by atomic mass is 16.7. The molecule has 1 aliphatic rings. The van der Waals surface area contributed by atoms with Gasteiger partial charge in [-0.2, -0.15) is 0 Å². The third-order valence-corrected chi connectivity index (χ3v) is 4.37. The topological polar surface area (TPSA) is 192 Å². The van der Waals surface area contributed by atoms with Crippen molar-refractivity contribution in [3.63, 3.8) is 0 Å². The van der Waals surface area contributed by atoms with Crippen molar-refractivity contribution in [3.8, 4) is 11.5 Å². The molecule has 12 heteroatoms. The summed E-state index contributed by atoms with van der Waals surface area (Å²) < 4.78 is 20.0. The normalized spacial score (nSPS) is 26.6. The van der Waals surface area contributed by atoms with Gasteiger partial charge in [-0.25, -0.2) is 4.79 Å². The molecule has 1 saturated heterocycles. The molecule has 1 aromatic carbocycles. The Balaban J connectivity index is 1.80. The molecule has 2 rings (SSSR count). The Morgan fingerprint density at radius 2 is 1.88 bits per heavy atom. The molecular formula is C20H26O12. The third kappa shape index (κ3) is 7.24. The molecule has 0 radical (unpaired) electrons. The zero-order valence-corrected chi connectivity index (χ0v) is 17.1. The number of aromatic hydroxyl groups is 1. The maximum atomic E-state index is 11.8. The predicted molar refractivity (Wildman–Crippen MR) is 105 cm³/mol. The van der Waals surface area contributed by atoms with E-state index in [-0.39, 0.29) is 11.5 Å². The fourth-order valence-corrected chi connectivity index (χ4v) is 2.72. The van der Waals surface area contributed by atoms with Crippen LogP contribution in [-0.2, 0) is 23.8 Å². The number of phenolic OH excluding ortho intramolecular Hbond substituents is 1. The first kappa shape index (κ1) is 25.7. The van der Waals surface area contributed by atoms with Gasteiger partial charge in [0.05, 0.1) is 13.2 Å². The van der Waals surface area contributed by atoms with Gasteiger partial charge in [0.25, 0.3) is 0 Å². The molecule has 0 spiro atoms. The SMILES string of the molecule is CC(=O)Oc1cc(/C=C/C(=O)OC[C@@H](O)COC2OC(CO)C(O)C(O)C2O)ccc1O. The van der Waals surface area contributed by atoms with Crippen molar-refractivity contribution in [2.24, 2.45) is 0 Å². The average molecular weight is 458 g/mol. The van der Waals surface area contributed by atoms with E-state index in [9.17, 15) is 35.1 Å². The van der Waals surface area contributed by atoms with E-state index in [2.05, 4.69) is 0 Å². The Morgan fingerprint density at radius 1 is 1.16 bits per heavy atom. The first-order valence-corrected chi connectivity index (χ1v) is 9.58. The molecule has 1 aliphatic heterocycles. The molecule has 0 amide bonds. The molecule has 1 aromatic rings. The molecule has 1 heterocycles. The van der Waals surface area contributed by atoms with Crippen LogP contribution < -0.4 is 4.74 Å². The van der Waals surface area contributed by atoms with Gasteiger partial charge in [-0.05, 0) is 23.8 Å². The second-order valence-electron chi connectivity index (χ2n) is 6.97. The van der Waals surface area contributed by atoms with Crippen LogP contribution in [0, 0.1) is 0 Å². The van der Waals surface area contributed by atoms with E-state index in [1.165, 1.54) is 31.2 Å². The van der Waals surface area contributed by atoms with Crippen molar-refractivity contribution >= 4 is 18.0 Å². The van der Waals surface area contributed by atoms with Crippen LogP contribution in [0.4, 0.5) is 0 Å². The van der Waals surface area contributed by atoms with Crippen LogP contribution in [0.2, 0.25) is 0 Å². The number of ether oxygens (including phenoxy) is 4. The highest BCUT2D eigenvalue weighted by Gasteiger charge is 2.44. The van der Waals surface area contributed by atoms with Crippen molar-refractivity contribution in [1.82, 2.24) is 0 Å². The molecule has 1 fully saturated rings. The summed E-state index contributed by atoms with van der Waals surface area (Å²) in [5.74, 6) is -1.75. The van der Waals surface area contributed by atoms with E-state index in [0.29, 0.717) is 5.56 Å². The maximum Gasteiger partial charge on any atom is 0.330 e. The minimum absolute atomic E-state index is 0.0752. The molecule has 6 atom stereocenters. The summed E-state index contributed by atoms with van der Waals surface area (Å²) in [4.78, 5) is 22.8. The van der Waals surface area contributed by atoms with Crippen LogP contribution in [0.3, 0.4) is 0 Å². The molecule has 178 valence electrons. The second kappa shape index (κ2) is 11.9. The van der Waals surface area contributed by atoms with E-state index < -0.39 is 68.6 Å². The van der Waals surface area contributed by atoms with E-state index in [1.807, 2.05) is 0 Å². The molecule has 5 unspecified atom stereocenters. The number of esters is 2. The van der Waals surface area contributed by atoms with Gasteiger partial charge in [-0.15, -0.1) is 0 Å². The van der Waals surface area contributed by atoms with Crippen molar-refractivity contribution in [2.45, 2.75) is 43.7 Å². The van der Waals surface area contributed by atoms with Gasteiger partial charge < -0.3 is 49.6 Å². The Hall–Kier alpha value is -2.58. The Bertz CT molecular complexity index is 808. The quantitative estimate of drug-likeness (QED) is 0.136. The van der Waals surface area contributed by atoms with Crippen molar-refractivity contribution in [1.29, 1.82) is 0 Å². The van der Waals surface area contributed by atoms with E-state index in [4.69, 9.17) is 24.1 Å². The molecule has 0 saturated carbocycles. The van der Waals surface area contributed by atoms with Gasteiger partial charge >= 0.3 is 11.9 Å². The number of benzene rings is 1. The van der Waals surface area contributed by atoms with Gasteiger partial charge in [0, 0.05) is 13.0 Å². The molecule has 6 N–H and O–H groups in total. The zero-order chi connectivity index (χ0) is 23.8. The molecule has 0 aliphatic carbocycles. The van der Waals surface area contributed by atoms with Gasteiger partial charge in [0.1, 0.15) is 37.1 Å². The first-order valence-electron chi connectivity index (χ1n) is 9.58. The van der Waals surface area contributed by atoms with Crippen LogP contribution in [-0.4, -0.2) is 99.2 Å². The first-order chi connectivity index (χ1) is 15.1. The number of carbonyl (C=O) groups is 2. The smallest absolute Gasteiger partial charge is 0.330 e. The van der Waals surface area contributed by atoms with Gasteiger partial charge in [0.2, 0.25) is 0 Å². The van der Waals surface area contributed by atoms with E-state index in [1.54, 1.807) is 0 Å². The largest absolute Gasteiger partial charge is 0.504 e. The average Bonchev–Trinajstić information content (AvgIpc) is 2.75. The summed E-state index contributed by atoms with van der Waals surface area (Å²) in [6.07, 6.45) is -6.26. The molecule has 32 heavy (non-hydrogen) atoms. The fraction of sp³-hybridized carbons (Fsp3) is 0.500. The number of aliphatic hydroxyl groups is 5. The lowest BCUT2D eigenvalue weighted by molar-refractivity contribution is -0.304. The van der Waals surface area contributed by atoms with Gasteiger partial charge in [0.15, 0.2) is 17.8 Å². The van der Waals surface area contributed by atoms with Crippen molar-refractivity contribution in [2.75, 3.05) is 19.8 Å². The number of aliphatic hydroxyl groups excluding tert-OH is 5. The molecular weight excluding hydrogens is 432 g/mol. The Kier molecular flexibility index (Phi) is 9.53. The third-order valence-electron chi connectivity index (χ3n) is 4.37. The second-order valence-corrected chi connectivity index (χ2v) is 6.97. The lowest BCUT2D eigenvalue weighted by Gasteiger charge is -2.39. The van der Waals surface area contributed by atoms with Gasteiger partial charge in [-0.3, -0.25) is 4.79 Å². The lowest BCUT2D eigenvalue weighted by atomic mass is 9.99. The fourth-order valence-electron chi connectivity index (χ4n) is 2.72. The van der Waals surface area contributed by atoms with Crippen LogP contribution in [0.15, 0.2) is 24.3 Å². The number of hydrogen-bond donors (Lipinski definition) is 6. The highest BCUT2D eigenvalue weighted by molar-refractivity contribution is 5.87. The Morgan fingerprint density at radius 3 is 2.53 bits per heavy atom. The predicted octanol–water partition coefficient (Wildman–Crippen LogP) is -1.95. The summed E-state index contributed by atoms with van der Waals surface area (Å²) in [6.45, 7) is -0.356. The van der Waals surface area contributed by atoms with Crippen LogP contribution >= 0.6 is 0 Å². The van der Waals surface area contributed by atoms with Gasteiger partial charge in [-0.1, -0.05) is 6.07 Å². The van der Waals surface area contributed by atoms with Crippen LogP contribution in [0.1, 0.15) is 12.5 Å². The molecule has 0 bridgehead atoms. The number of phenols is 1. The Labute approximate surface area is 182 Å². The monoisotopic (exact) mass is 458 g/mol.